The maximum atomic E-state index is 6.45. The fourth-order valence-electron chi connectivity index (χ4n) is 6.84. The maximum Gasteiger partial charge on any atom is 0.227 e. The Labute approximate surface area is 309 Å². The van der Waals surface area contributed by atoms with Crippen LogP contribution in [0.25, 0.3) is 44.8 Å². The van der Waals surface area contributed by atoms with E-state index in [1.165, 1.54) is 22.3 Å². The van der Waals surface area contributed by atoms with E-state index in [-0.39, 0.29) is 0 Å². The zero-order valence-corrected chi connectivity index (χ0v) is 29.0. The van der Waals surface area contributed by atoms with E-state index >= 15 is 0 Å². The third kappa shape index (κ3) is 6.58. The highest BCUT2D eigenvalue weighted by atomic mass is 16.3. The lowest BCUT2D eigenvalue weighted by Crippen LogP contribution is -2.09. The van der Waals surface area contributed by atoms with E-state index in [1.807, 2.05) is 30.3 Å². The molecule has 4 heteroatoms. The first-order chi connectivity index (χ1) is 26.3. The summed E-state index contributed by atoms with van der Waals surface area (Å²) in [6.07, 6.45) is 0. The topological polar surface area (TPSA) is 32.5 Å². The molecule has 1 aromatic heterocycles. The van der Waals surface area contributed by atoms with E-state index in [0.717, 1.165) is 50.8 Å². The highest BCUT2D eigenvalue weighted by molar-refractivity contribution is 5.86. The summed E-state index contributed by atoms with van der Waals surface area (Å²) in [6, 6.07) is 73.9. The predicted molar refractivity (Wildman–Crippen MR) is 220 cm³/mol. The fourth-order valence-corrected chi connectivity index (χ4v) is 6.84. The molecule has 1 heterocycles. The van der Waals surface area contributed by atoms with Crippen molar-refractivity contribution in [1.29, 1.82) is 0 Å². The molecule has 0 saturated carbocycles. The molecule has 0 atom stereocenters. The molecule has 0 fully saturated rings. The van der Waals surface area contributed by atoms with Crippen LogP contribution < -0.4 is 9.80 Å². The van der Waals surface area contributed by atoms with Gasteiger partial charge in [-0.15, -0.1) is 0 Å². The van der Waals surface area contributed by atoms with Crippen molar-refractivity contribution in [2.45, 2.75) is 0 Å². The van der Waals surface area contributed by atoms with Crippen molar-refractivity contribution < 1.29 is 4.42 Å². The molecular formula is C49H35N3O. The Morgan fingerprint density at radius 1 is 0.302 bits per heavy atom. The van der Waals surface area contributed by atoms with Gasteiger partial charge in [0.25, 0.3) is 0 Å². The molecule has 0 N–H and O–H groups in total. The van der Waals surface area contributed by atoms with Gasteiger partial charge in [0.15, 0.2) is 5.58 Å². The number of oxazole rings is 1. The van der Waals surface area contributed by atoms with E-state index in [9.17, 15) is 0 Å². The molecule has 9 aromatic rings. The Morgan fingerprint density at radius 2 is 0.642 bits per heavy atom. The normalized spacial score (nSPS) is 11.0. The lowest BCUT2D eigenvalue weighted by molar-refractivity contribution is 0.620. The smallest absolute Gasteiger partial charge is 0.227 e. The minimum absolute atomic E-state index is 0.584. The standard InChI is InChI=1S/C49H35N3O/c1-5-13-36(14-6-1)38-21-27-43(28-22-38)51(44-29-23-39(24-30-44)37-15-7-2-8-16-37)45-31-25-40(26-32-45)49-50-47-34-33-46(35-48(47)53-49)52(41-17-9-3-10-18-41)42-19-11-4-12-20-42/h1-35H. The Bertz CT molecular complexity index is 2450. The molecule has 0 amide bonds. The Morgan fingerprint density at radius 3 is 1.09 bits per heavy atom. The van der Waals surface area contributed by atoms with Crippen LogP contribution in [-0.4, -0.2) is 4.98 Å². The molecule has 0 unspecified atom stereocenters. The molecule has 0 aliphatic heterocycles. The number of rotatable bonds is 9. The molecular weight excluding hydrogens is 647 g/mol. The van der Waals surface area contributed by atoms with Crippen LogP contribution in [0.3, 0.4) is 0 Å². The second-order valence-electron chi connectivity index (χ2n) is 12.9. The average molecular weight is 682 g/mol. The number of benzene rings is 8. The summed E-state index contributed by atoms with van der Waals surface area (Å²) in [4.78, 5) is 9.41. The summed E-state index contributed by atoms with van der Waals surface area (Å²) in [5.41, 5.74) is 13.5. The van der Waals surface area contributed by atoms with Crippen molar-refractivity contribution in [3.63, 3.8) is 0 Å². The maximum absolute atomic E-state index is 6.45. The first kappa shape index (κ1) is 31.8. The lowest BCUT2D eigenvalue weighted by Gasteiger charge is -2.26. The van der Waals surface area contributed by atoms with Crippen LogP contribution in [0.4, 0.5) is 34.1 Å². The van der Waals surface area contributed by atoms with Crippen molar-refractivity contribution >= 4 is 45.2 Å². The Hall–Kier alpha value is -7.17. The highest BCUT2D eigenvalue weighted by Gasteiger charge is 2.17. The van der Waals surface area contributed by atoms with Gasteiger partial charge in [-0.25, -0.2) is 4.98 Å². The minimum Gasteiger partial charge on any atom is -0.436 e. The molecule has 9 rings (SSSR count). The van der Waals surface area contributed by atoms with E-state index < -0.39 is 0 Å². The second kappa shape index (κ2) is 14.2. The van der Waals surface area contributed by atoms with E-state index in [4.69, 9.17) is 9.40 Å². The van der Waals surface area contributed by atoms with Gasteiger partial charge >= 0.3 is 0 Å². The van der Waals surface area contributed by atoms with Crippen molar-refractivity contribution in [3.05, 3.63) is 212 Å². The fraction of sp³-hybridized carbons (Fsp3) is 0. The largest absolute Gasteiger partial charge is 0.436 e. The van der Waals surface area contributed by atoms with Gasteiger partial charge in [-0.3, -0.25) is 0 Å². The molecule has 0 aliphatic carbocycles. The Balaban J connectivity index is 1.05. The van der Waals surface area contributed by atoms with Crippen molar-refractivity contribution in [2.75, 3.05) is 9.80 Å². The molecule has 0 radical (unpaired) electrons. The number of para-hydroxylation sites is 2. The van der Waals surface area contributed by atoms with Gasteiger partial charge in [-0.1, -0.05) is 121 Å². The monoisotopic (exact) mass is 681 g/mol. The molecule has 53 heavy (non-hydrogen) atoms. The highest BCUT2D eigenvalue weighted by Crippen LogP contribution is 2.39. The van der Waals surface area contributed by atoms with Gasteiger partial charge in [0.1, 0.15) is 5.52 Å². The van der Waals surface area contributed by atoms with Crippen LogP contribution in [0.2, 0.25) is 0 Å². The molecule has 8 aromatic carbocycles. The summed E-state index contributed by atoms with van der Waals surface area (Å²) in [5.74, 6) is 0.584. The van der Waals surface area contributed by atoms with Gasteiger partial charge < -0.3 is 14.2 Å². The summed E-state index contributed by atoms with van der Waals surface area (Å²) in [7, 11) is 0. The van der Waals surface area contributed by atoms with Crippen LogP contribution in [0.15, 0.2) is 217 Å². The number of aromatic nitrogens is 1. The predicted octanol–water partition coefficient (Wildman–Crippen LogP) is 13.8. The first-order valence-electron chi connectivity index (χ1n) is 17.8. The number of anilines is 6. The van der Waals surface area contributed by atoms with Gasteiger partial charge in [0, 0.05) is 45.8 Å². The lowest BCUT2D eigenvalue weighted by atomic mass is 10.0. The van der Waals surface area contributed by atoms with Crippen molar-refractivity contribution in [1.82, 2.24) is 4.98 Å². The molecule has 252 valence electrons. The van der Waals surface area contributed by atoms with Crippen LogP contribution in [0.1, 0.15) is 0 Å². The third-order valence-electron chi connectivity index (χ3n) is 9.50. The van der Waals surface area contributed by atoms with Crippen LogP contribution in [-0.2, 0) is 0 Å². The van der Waals surface area contributed by atoms with E-state index in [0.29, 0.717) is 5.89 Å². The van der Waals surface area contributed by atoms with Gasteiger partial charge in [-0.2, -0.15) is 0 Å². The molecule has 0 aliphatic rings. The second-order valence-corrected chi connectivity index (χ2v) is 12.9. The summed E-state index contributed by atoms with van der Waals surface area (Å²) in [6.45, 7) is 0. The zero-order chi connectivity index (χ0) is 35.4. The van der Waals surface area contributed by atoms with Crippen LogP contribution in [0.5, 0.6) is 0 Å². The van der Waals surface area contributed by atoms with Crippen molar-refractivity contribution in [2.24, 2.45) is 0 Å². The quantitative estimate of drug-likeness (QED) is 0.152. The number of fused-ring (bicyclic) bond motifs is 1. The summed E-state index contributed by atoms with van der Waals surface area (Å²) in [5, 5.41) is 0. The third-order valence-corrected chi connectivity index (χ3v) is 9.50. The SMILES string of the molecule is c1ccc(-c2ccc(N(c3ccc(-c4ccccc4)cc3)c3ccc(-c4nc5ccc(N(c6ccccc6)c6ccccc6)cc5o4)cc3)cc2)cc1. The van der Waals surface area contributed by atoms with E-state index in [2.05, 4.69) is 192 Å². The van der Waals surface area contributed by atoms with Gasteiger partial charge in [0.05, 0.1) is 0 Å². The minimum atomic E-state index is 0.584. The number of hydrogen-bond acceptors (Lipinski definition) is 4. The van der Waals surface area contributed by atoms with Gasteiger partial charge in [-0.05, 0) is 107 Å². The first-order valence-corrected chi connectivity index (χ1v) is 17.8. The molecule has 4 nitrogen and oxygen atoms in total. The summed E-state index contributed by atoms with van der Waals surface area (Å²) < 4.78 is 6.45. The molecule has 0 saturated heterocycles. The Kier molecular flexibility index (Phi) is 8.53. The summed E-state index contributed by atoms with van der Waals surface area (Å²) >= 11 is 0. The van der Waals surface area contributed by atoms with Crippen LogP contribution in [0, 0.1) is 0 Å². The number of nitrogens with zero attached hydrogens (tertiary/aromatic N) is 3. The van der Waals surface area contributed by atoms with E-state index in [1.54, 1.807) is 0 Å². The van der Waals surface area contributed by atoms with Crippen LogP contribution >= 0.6 is 0 Å². The van der Waals surface area contributed by atoms with Crippen molar-refractivity contribution in [3.8, 4) is 33.7 Å². The average Bonchev–Trinajstić information content (AvgIpc) is 3.67. The molecule has 0 bridgehead atoms. The number of hydrogen-bond donors (Lipinski definition) is 0. The molecule has 0 spiro atoms. The zero-order valence-electron chi connectivity index (χ0n) is 29.0. The van der Waals surface area contributed by atoms with Gasteiger partial charge in [0.2, 0.25) is 5.89 Å².